The van der Waals surface area contributed by atoms with Gasteiger partial charge in [0.1, 0.15) is 11.4 Å². The second-order valence-electron chi connectivity index (χ2n) is 8.55. The van der Waals surface area contributed by atoms with Crippen LogP contribution in [0.1, 0.15) is 25.0 Å². The van der Waals surface area contributed by atoms with Crippen molar-refractivity contribution in [1.29, 1.82) is 0 Å². The lowest BCUT2D eigenvalue weighted by atomic mass is 9.97. The van der Waals surface area contributed by atoms with Gasteiger partial charge in [-0.05, 0) is 62.7 Å². The maximum Gasteiger partial charge on any atom is 0.345 e. The molecule has 3 nitrogen and oxygen atoms in total. The van der Waals surface area contributed by atoms with Gasteiger partial charge in [0.05, 0.1) is 10.9 Å². The molecule has 4 aromatic rings. The van der Waals surface area contributed by atoms with E-state index in [1.165, 1.54) is 15.4 Å². The maximum absolute atomic E-state index is 12.6. The number of hydrogen-bond donors (Lipinski definition) is 0. The molecule has 0 aliphatic carbocycles. The molecule has 0 aromatic heterocycles. The van der Waals surface area contributed by atoms with Crippen molar-refractivity contribution in [3.8, 4) is 5.75 Å². The first kappa shape index (κ1) is 23.7. The summed E-state index contributed by atoms with van der Waals surface area (Å²) >= 11 is 0. The molecule has 0 radical (unpaired) electrons. The minimum atomic E-state index is -0.733. The zero-order valence-electron chi connectivity index (χ0n) is 19.7. The molecular formula is C30H29O3S+. The van der Waals surface area contributed by atoms with Crippen LogP contribution in [0.4, 0.5) is 0 Å². The van der Waals surface area contributed by atoms with Gasteiger partial charge in [0, 0.05) is 6.07 Å². The van der Waals surface area contributed by atoms with Crippen LogP contribution >= 0.6 is 0 Å². The van der Waals surface area contributed by atoms with Crippen molar-refractivity contribution >= 4 is 16.9 Å². The molecule has 34 heavy (non-hydrogen) atoms. The van der Waals surface area contributed by atoms with Gasteiger partial charge in [-0.1, -0.05) is 72.3 Å². The van der Waals surface area contributed by atoms with Gasteiger partial charge >= 0.3 is 5.97 Å². The Morgan fingerprint density at radius 3 is 1.88 bits per heavy atom. The molecule has 0 heterocycles. The summed E-state index contributed by atoms with van der Waals surface area (Å²) in [5, 5.41) is 0. The Bertz CT molecular complexity index is 1180. The van der Waals surface area contributed by atoms with Crippen LogP contribution in [0, 0.1) is 6.92 Å². The molecule has 0 aliphatic heterocycles. The Morgan fingerprint density at radius 2 is 1.29 bits per heavy atom. The van der Waals surface area contributed by atoms with Crippen LogP contribution in [-0.2, 0) is 26.0 Å². The molecule has 4 aromatic carbocycles. The monoisotopic (exact) mass is 469 g/mol. The number of carbonyl (C=O) groups is 1. The second kappa shape index (κ2) is 10.6. The molecule has 0 unspecified atom stereocenters. The number of rotatable bonds is 8. The van der Waals surface area contributed by atoms with E-state index in [-0.39, 0.29) is 17.5 Å². The minimum absolute atomic E-state index is 0.150. The van der Waals surface area contributed by atoms with Crippen molar-refractivity contribution in [3.63, 3.8) is 0 Å². The van der Waals surface area contributed by atoms with Crippen molar-refractivity contribution < 1.29 is 14.3 Å². The van der Waals surface area contributed by atoms with Crippen LogP contribution in [-0.4, -0.2) is 12.6 Å². The lowest BCUT2D eigenvalue weighted by molar-refractivity contribution is -0.159. The maximum atomic E-state index is 12.6. The van der Waals surface area contributed by atoms with E-state index in [0.29, 0.717) is 5.75 Å². The molecule has 0 spiro atoms. The zero-order valence-corrected chi connectivity index (χ0v) is 20.5. The van der Waals surface area contributed by atoms with Gasteiger partial charge in [0.2, 0.25) is 0 Å². The Hall–Kier alpha value is -3.50. The van der Waals surface area contributed by atoms with E-state index in [0.717, 1.165) is 10.5 Å². The fraction of sp³-hybridized carbons (Fsp3) is 0.167. The SMILES string of the molecule is Cc1ccc(C(C)(C)OC(=O)COc2cccc([S+](c3ccccc3)c3ccccc3)c2)cc1. The molecule has 0 amide bonds. The smallest absolute Gasteiger partial charge is 0.345 e. The fourth-order valence-corrected chi connectivity index (χ4v) is 5.81. The third-order valence-corrected chi connectivity index (χ3v) is 7.68. The molecule has 0 fully saturated rings. The molecule has 0 bridgehead atoms. The van der Waals surface area contributed by atoms with Crippen molar-refractivity contribution in [1.82, 2.24) is 0 Å². The average Bonchev–Trinajstić information content (AvgIpc) is 2.85. The summed E-state index contributed by atoms with van der Waals surface area (Å²) in [5.74, 6) is 0.244. The molecule has 0 saturated carbocycles. The molecular weight excluding hydrogens is 440 g/mol. The summed E-state index contributed by atoms with van der Waals surface area (Å²) in [6.07, 6.45) is 0. The molecule has 4 rings (SSSR count). The molecule has 172 valence electrons. The first-order valence-electron chi connectivity index (χ1n) is 11.3. The summed E-state index contributed by atoms with van der Waals surface area (Å²) in [6.45, 7) is 5.66. The zero-order chi connectivity index (χ0) is 24.0. The number of benzene rings is 4. The predicted molar refractivity (Wildman–Crippen MR) is 137 cm³/mol. The van der Waals surface area contributed by atoms with Crippen LogP contribution in [0.3, 0.4) is 0 Å². The minimum Gasteiger partial charge on any atom is -0.482 e. The third-order valence-electron chi connectivity index (χ3n) is 5.47. The van der Waals surface area contributed by atoms with Gasteiger partial charge in [-0.2, -0.15) is 0 Å². The highest BCUT2D eigenvalue weighted by Crippen LogP contribution is 2.33. The van der Waals surface area contributed by atoms with Crippen molar-refractivity contribution in [2.45, 2.75) is 41.1 Å². The van der Waals surface area contributed by atoms with Crippen LogP contribution in [0.15, 0.2) is 124 Å². The lowest BCUT2D eigenvalue weighted by Crippen LogP contribution is -2.28. The van der Waals surface area contributed by atoms with Gasteiger partial charge in [-0.3, -0.25) is 0 Å². The number of carbonyl (C=O) groups excluding carboxylic acids is 1. The summed E-state index contributed by atoms with van der Waals surface area (Å²) in [7, 11) is -0.278. The van der Waals surface area contributed by atoms with E-state index in [1.807, 2.05) is 75.4 Å². The largest absolute Gasteiger partial charge is 0.482 e. The quantitative estimate of drug-likeness (QED) is 0.207. The van der Waals surface area contributed by atoms with E-state index >= 15 is 0 Å². The van der Waals surface area contributed by atoms with Crippen molar-refractivity contribution in [3.05, 3.63) is 120 Å². The highest BCUT2D eigenvalue weighted by atomic mass is 32.2. The Balaban J connectivity index is 1.48. The van der Waals surface area contributed by atoms with Crippen LogP contribution in [0.25, 0.3) is 0 Å². The fourth-order valence-electron chi connectivity index (χ4n) is 3.68. The third kappa shape index (κ3) is 5.89. The highest BCUT2D eigenvalue weighted by molar-refractivity contribution is 7.97. The van der Waals surface area contributed by atoms with Gasteiger partial charge in [0.25, 0.3) is 0 Å². The van der Waals surface area contributed by atoms with Gasteiger partial charge in [-0.15, -0.1) is 0 Å². The first-order valence-corrected chi connectivity index (χ1v) is 12.5. The number of esters is 1. The predicted octanol–water partition coefficient (Wildman–Crippen LogP) is 6.95. The van der Waals surface area contributed by atoms with E-state index < -0.39 is 11.6 Å². The Labute approximate surface area is 204 Å². The van der Waals surface area contributed by atoms with Gasteiger partial charge < -0.3 is 9.47 Å². The summed E-state index contributed by atoms with van der Waals surface area (Å²) < 4.78 is 11.6. The number of hydrogen-bond acceptors (Lipinski definition) is 3. The van der Waals surface area contributed by atoms with E-state index in [1.54, 1.807) is 0 Å². The van der Waals surface area contributed by atoms with E-state index in [2.05, 4.69) is 54.6 Å². The van der Waals surface area contributed by atoms with Crippen LogP contribution in [0.2, 0.25) is 0 Å². The van der Waals surface area contributed by atoms with Crippen molar-refractivity contribution in [2.24, 2.45) is 0 Å². The number of aryl methyl sites for hydroxylation is 1. The van der Waals surface area contributed by atoms with E-state index in [9.17, 15) is 4.79 Å². The average molecular weight is 470 g/mol. The second-order valence-corrected chi connectivity index (χ2v) is 10.6. The lowest BCUT2D eigenvalue weighted by Gasteiger charge is -2.25. The standard InChI is InChI=1S/C30H29O3S/c1-23-17-19-24(20-18-23)30(2,3)33-29(31)22-32-25-11-10-16-28(21-25)34(26-12-6-4-7-13-26)27-14-8-5-9-15-27/h4-21H,22H2,1-3H3/q+1. The molecule has 0 N–H and O–H groups in total. The molecule has 0 aliphatic rings. The Kier molecular flexibility index (Phi) is 7.39. The molecule has 4 heteroatoms. The van der Waals surface area contributed by atoms with E-state index in [4.69, 9.17) is 9.47 Å². The van der Waals surface area contributed by atoms with Gasteiger partial charge in [0.15, 0.2) is 21.3 Å². The normalized spacial score (nSPS) is 11.3. The summed E-state index contributed by atoms with van der Waals surface area (Å²) in [5.41, 5.74) is 1.38. The summed E-state index contributed by atoms with van der Waals surface area (Å²) in [4.78, 5) is 16.2. The van der Waals surface area contributed by atoms with Crippen LogP contribution < -0.4 is 4.74 Å². The first-order chi connectivity index (χ1) is 16.4. The molecule has 0 atom stereocenters. The highest BCUT2D eigenvalue weighted by Gasteiger charge is 2.29. The van der Waals surface area contributed by atoms with Crippen molar-refractivity contribution in [2.75, 3.05) is 6.61 Å². The number of ether oxygens (including phenoxy) is 2. The Morgan fingerprint density at radius 1 is 0.735 bits per heavy atom. The van der Waals surface area contributed by atoms with Gasteiger partial charge in [-0.25, -0.2) is 4.79 Å². The molecule has 0 saturated heterocycles. The summed E-state index contributed by atoms with van der Waals surface area (Å²) in [6, 6.07) is 36.9. The topological polar surface area (TPSA) is 35.5 Å². The van der Waals surface area contributed by atoms with Crippen LogP contribution in [0.5, 0.6) is 5.75 Å².